The molecule has 0 spiro atoms. The second kappa shape index (κ2) is 7.43. The number of benzene rings is 2. The van der Waals surface area contributed by atoms with Crippen LogP contribution < -0.4 is 10.2 Å². The summed E-state index contributed by atoms with van der Waals surface area (Å²) >= 11 is 0. The van der Waals surface area contributed by atoms with Crippen LogP contribution in [0.3, 0.4) is 0 Å². The molecule has 24 heavy (non-hydrogen) atoms. The molecule has 0 saturated heterocycles. The number of hydrogen-bond acceptors (Lipinski definition) is 2. The lowest BCUT2D eigenvalue weighted by Crippen LogP contribution is -2.18. The Bertz CT molecular complexity index is 716. The van der Waals surface area contributed by atoms with Crippen molar-refractivity contribution in [2.24, 2.45) is 0 Å². The largest absolute Gasteiger partial charge is 0.375 e. The van der Waals surface area contributed by atoms with Gasteiger partial charge in [0.2, 0.25) is 5.91 Å². The quantitative estimate of drug-likeness (QED) is 0.889. The molecule has 0 heterocycles. The molecule has 0 aliphatic carbocycles. The summed E-state index contributed by atoms with van der Waals surface area (Å²) in [4.78, 5) is 14.3. The number of hydrogen-bond donors (Lipinski definition) is 1. The molecule has 0 unspecified atom stereocenters. The molecule has 0 radical (unpaired) electrons. The summed E-state index contributed by atoms with van der Waals surface area (Å²) in [5, 5.41) is 2.85. The highest BCUT2D eigenvalue weighted by Gasteiger charge is 2.12. The standard InChI is InChI=1S/C19H22F2N2O/c1-5-23(4)17-6-12(2)19(13(3)7-17)22-18(24)10-14-8-15(20)11-16(21)9-14/h6-9,11H,5,10H2,1-4H3,(H,22,24). The van der Waals surface area contributed by atoms with E-state index < -0.39 is 11.6 Å². The maximum Gasteiger partial charge on any atom is 0.228 e. The van der Waals surface area contributed by atoms with Gasteiger partial charge in [-0.25, -0.2) is 8.78 Å². The minimum atomic E-state index is -0.683. The highest BCUT2D eigenvalue weighted by atomic mass is 19.1. The van der Waals surface area contributed by atoms with E-state index in [0.717, 1.165) is 35.1 Å². The third-order valence-corrected chi connectivity index (χ3v) is 3.98. The van der Waals surface area contributed by atoms with Crippen LogP contribution in [-0.4, -0.2) is 19.5 Å². The lowest BCUT2D eigenvalue weighted by molar-refractivity contribution is -0.115. The van der Waals surface area contributed by atoms with Crippen LogP contribution >= 0.6 is 0 Å². The number of anilines is 2. The number of amides is 1. The molecule has 0 aliphatic rings. The van der Waals surface area contributed by atoms with Crippen LogP contribution in [-0.2, 0) is 11.2 Å². The summed E-state index contributed by atoms with van der Waals surface area (Å²) in [5.74, 6) is -1.67. The van der Waals surface area contributed by atoms with E-state index in [2.05, 4.69) is 17.1 Å². The van der Waals surface area contributed by atoms with Crippen LogP contribution in [0, 0.1) is 25.5 Å². The minimum absolute atomic E-state index is 0.0792. The molecular weight excluding hydrogens is 310 g/mol. The molecule has 0 bridgehead atoms. The Labute approximate surface area is 141 Å². The smallest absolute Gasteiger partial charge is 0.228 e. The summed E-state index contributed by atoms with van der Waals surface area (Å²) in [6.07, 6.45) is -0.0792. The maximum absolute atomic E-state index is 13.2. The zero-order chi connectivity index (χ0) is 17.9. The van der Waals surface area contributed by atoms with Crippen molar-refractivity contribution in [3.8, 4) is 0 Å². The SMILES string of the molecule is CCN(C)c1cc(C)c(NC(=O)Cc2cc(F)cc(F)c2)c(C)c1. The van der Waals surface area contributed by atoms with Crippen molar-refractivity contribution in [1.29, 1.82) is 0 Å². The fourth-order valence-electron chi connectivity index (χ4n) is 2.62. The normalized spacial score (nSPS) is 10.6. The molecule has 2 aromatic rings. The van der Waals surface area contributed by atoms with Gasteiger partial charge < -0.3 is 10.2 Å². The fourth-order valence-corrected chi connectivity index (χ4v) is 2.62. The van der Waals surface area contributed by atoms with Gasteiger partial charge in [0, 0.05) is 31.0 Å². The third-order valence-electron chi connectivity index (χ3n) is 3.98. The van der Waals surface area contributed by atoms with Gasteiger partial charge in [0.15, 0.2) is 0 Å². The van der Waals surface area contributed by atoms with Crippen molar-refractivity contribution < 1.29 is 13.6 Å². The van der Waals surface area contributed by atoms with Gasteiger partial charge in [-0.2, -0.15) is 0 Å². The topological polar surface area (TPSA) is 32.3 Å². The van der Waals surface area contributed by atoms with Crippen molar-refractivity contribution in [3.05, 3.63) is 58.7 Å². The molecule has 0 saturated carbocycles. The third kappa shape index (κ3) is 4.31. The fraction of sp³-hybridized carbons (Fsp3) is 0.316. The number of halogens is 2. The van der Waals surface area contributed by atoms with E-state index in [-0.39, 0.29) is 12.3 Å². The van der Waals surface area contributed by atoms with Gasteiger partial charge in [-0.3, -0.25) is 4.79 Å². The highest BCUT2D eigenvalue weighted by molar-refractivity contribution is 5.94. The van der Waals surface area contributed by atoms with E-state index in [1.54, 1.807) is 0 Å². The first kappa shape index (κ1) is 17.9. The maximum atomic E-state index is 13.2. The molecule has 0 fully saturated rings. The van der Waals surface area contributed by atoms with E-state index in [0.29, 0.717) is 5.56 Å². The summed E-state index contributed by atoms with van der Waals surface area (Å²) in [6, 6.07) is 7.14. The number of nitrogens with zero attached hydrogens (tertiary/aromatic N) is 1. The van der Waals surface area contributed by atoms with E-state index in [1.165, 1.54) is 12.1 Å². The molecule has 2 rings (SSSR count). The molecule has 1 N–H and O–H groups in total. The van der Waals surface area contributed by atoms with Crippen molar-refractivity contribution in [2.75, 3.05) is 23.8 Å². The number of aryl methyl sites for hydroxylation is 2. The molecule has 3 nitrogen and oxygen atoms in total. The molecular formula is C19H22F2N2O. The molecule has 2 aromatic carbocycles. The predicted octanol–water partition coefficient (Wildman–Crippen LogP) is 4.22. The second-order valence-corrected chi connectivity index (χ2v) is 5.97. The van der Waals surface area contributed by atoms with Gasteiger partial charge in [0.05, 0.1) is 6.42 Å². The van der Waals surface area contributed by atoms with Crippen LogP contribution in [0.5, 0.6) is 0 Å². The molecule has 0 aliphatic heterocycles. The van der Waals surface area contributed by atoms with Crippen LogP contribution in [0.2, 0.25) is 0 Å². The van der Waals surface area contributed by atoms with Crippen molar-refractivity contribution in [3.63, 3.8) is 0 Å². The number of carbonyl (C=O) groups excluding carboxylic acids is 1. The molecule has 5 heteroatoms. The Kier molecular flexibility index (Phi) is 5.54. The lowest BCUT2D eigenvalue weighted by atomic mass is 10.1. The average Bonchev–Trinajstić information content (AvgIpc) is 2.48. The van der Waals surface area contributed by atoms with Gasteiger partial charge in [-0.05, 0) is 61.7 Å². The molecule has 1 amide bonds. The zero-order valence-electron chi connectivity index (χ0n) is 14.4. The van der Waals surface area contributed by atoms with Crippen LogP contribution in [0.1, 0.15) is 23.6 Å². The summed E-state index contributed by atoms with van der Waals surface area (Å²) in [7, 11) is 2.00. The minimum Gasteiger partial charge on any atom is -0.375 e. The Balaban J connectivity index is 2.17. The Hall–Kier alpha value is -2.43. The van der Waals surface area contributed by atoms with E-state index in [1.807, 2.05) is 33.0 Å². The highest BCUT2D eigenvalue weighted by Crippen LogP contribution is 2.27. The number of carbonyl (C=O) groups is 1. The monoisotopic (exact) mass is 332 g/mol. The summed E-state index contributed by atoms with van der Waals surface area (Å²) < 4.78 is 26.4. The van der Waals surface area contributed by atoms with Gasteiger partial charge in [0.1, 0.15) is 11.6 Å². The van der Waals surface area contributed by atoms with Crippen molar-refractivity contribution in [2.45, 2.75) is 27.2 Å². The number of nitrogens with one attached hydrogen (secondary N) is 1. The van der Waals surface area contributed by atoms with Crippen molar-refractivity contribution >= 4 is 17.3 Å². The first-order valence-electron chi connectivity index (χ1n) is 7.87. The Morgan fingerprint density at radius 3 is 2.08 bits per heavy atom. The van der Waals surface area contributed by atoms with Crippen LogP contribution in [0.15, 0.2) is 30.3 Å². The van der Waals surface area contributed by atoms with Crippen molar-refractivity contribution in [1.82, 2.24) is 0 Å². The lowest BCUT2D eigenvalue weighted by Gasteiger charge is -2.20. The van der Waals surface area contributed by atoms with Gasteiger partial charge in [0.25, 0.3) is 0 Å². The zero-order valence-corrected chi connectivity index (χ0v) is 14.4. The van der Waals surface area contributed by atoms with E-state index in [4.69, 9.17) is 0 Å². The Morgan fingerprint density at radius 2 is 1.58 bits per heavy atom. The van der Waals surface area contributed by atoms with Gasteiger partial charge >= 0.3 is 0 Å². The number of rotatable bonds is 5. The first-order valence-corrected chi connectivity index (χ1v) is 7.87. The average molecular weight is 332 g/mol. The summed E-state index contributed by atoms with van der Waals surface area (Å²) in [6.45, 7) is 6.81. The van der Waals surface area contributed by atoms with Gasteiger partial charge in [-0.1, -0.05) is 0 Å². The molecule has 0 aromatic heterocycles. The molecule has 0 atom stereocenters. The Morgan fingerprint density at radius 1 is 1.04 bits per heavy atom. The molecule has 128 valence electrons. The van der Waals surface area contributed by atoms with Gasteiger partial charge in [-0.15, -0.1) is 0 Å². The van der Waals surface area contributed by atoms with Crippen LogP contribution in [0.25, 0.3) is 0 Å². The summed E-state index contributed by atoms with van der Waals surface area (Å²) in [5.41, 5.74) is 4.03. The predicted molar refractivity (Wildman–Crippen MR) is 93.6 cm³/mol. The van der Waals surface area contributed by atoms with Crippen LogP contribution in [0.4, 0.5) is 20.2 Å². The van der Waals surface area contributed by atoms with E-state index in [9.17, 15) is 13.6 Å². The van der Waals surface area contributed by atoms with E-state index >= 15 is 0 Å². The second-order valence-electron chi connectivity index (χ2n) is 5.97. The first-order chi connectivity index (χ1) is 11.3.